The number of benzene rings is 2. The molecule has 0 spiro atoms. The molecule has 6 heteroatoms. The maximum Gasteiger partial charge on any atom is 0.251 e. The number of hydrogen-bond donors (Lipinski definition) is 3. The summed E-state index contributed by atoms with van der Waals surface area (Å²) < 4.78 is 0. The molecule has 0 unspecified atom stereocenters. The fraction of sp³-hybridized carbons (Fsp3) is 0.222. The fourth-order valence-electron chi connectivity index (χ4n) is 2.23. The molecule has 0 aliphatic carbocycles. The lowest BCUT2D eigenvalue weighted by Gasteiger charge is -2.07. The molecule has 2 rings (SSSR count). The molecular formula is C18H19ClN2O3. The molecule has 0 heterocycles. The van der Waals surface area contributed by atoms with Gasteiger partial charge in [0.15, 0.2) is 0 Å². The molecule has 0 bridgehead atoms. The molecule has 0 aromatic heterocycles. The predicted octanol–water partition coefficient (Wildman–Crippen LogP) is 3.41. The van der Waals surface area contributed by atoms with Crippen LogP contribution in [0.5, 0.6) is 0 Å². The smallest absolute Gasteiger partial charge is 0.251 e. The number of nitrogens with one attached hydrogen (secondary N) is 2. The maximum absolute atomic E-state index is 12.0. The second kappa shape index (κ2) is 9.05. The molecular weight excluding hydrogens is 328 g/mol. The molecule has 2 aromatic carbocycles. The zero-order chi connectivity index (χ0) is 17.4. The van der Waals surface area contributed by atoms with Crippen molar-refractivity contribution in [2.45, 2.75) is 19.3 Å². The normalized spacial score (nSPS) is 10.2. The quantitative estimate of drug-likeness (QED) is 0.408. The minimum atomic E-state index is -0.417. The number of amides is 2. The van der Waals surface area contributed by atoms with Crippen molar-refractivity contribution >= 4 is 23.4 Å². The molecule has 0 saturated heterocycles. The number of halogens is 1. The summed E-state index contributed by atoms with van der Waals surface area (Å²) in [6, 6.07) is 14.9. The van der Waals surface area contributed by atoms with Gasteiger partial charge in [0, 0.05) is 23.6 Å². The van der Waals surface area contributed by atoms with Crippen LogP contribution in [0.4, 0.5) is 0 Å². The Hall–Kier alpha value is -2.37. The number of hydrogen-bond acceptors (Lipinski definition) is 3. The van der Waals surface area contributed by atoms with Crippen LogP contribution in [-0.2, 0) is 4.79 Å². The highest BCUT2D eigenvalue weighted by Crippen LogP contribution is 2.21. The van der Waals surface area contributed by atoms with Crippen LogP contribution in [0, 0.1) is 0 Å². The van der Waals surface area contributed by atoms with Gasteiger partial charge >= 0.3 is 0 Å². The van der Waals surface area contributed by atoms with Crippen molar-refractivity contribution in [3.05, 3.63) is 59.1 Å². The van der Waals surface area contributed by atoms with Gasteiger partial charge in [0.1, 0.15) is 0 Å². The Morgan fingerprint density at radius 1 is 0.917 bits per heavy atom. The van der Waals surface area contributed by atoms with Gasteiger partial charge in [-0.1, -0.05) is 35.9 Å². The van der Waals surface area contributed by atoms with E-state index >= 15 is 0 Å². The molecule has 0 fully saturated rings. The van der Waals surface area contributed by atoms with Crippen LogP contribution < -0.4 is 10.8 Å². The third-order valence-electron chi connectivity index (χ3n) is 3.57. The van der Waals surface area contributed by atoms with Crippen molar-refractivity contribution in [1.82, 2.24) is 10.8 Å². The molecule has 2 aromatic rings. The topological polar surface area (TPSA) is 78.4 Å². The van der Waals surface area contributed by atoms with Crippen LogP contribution in [0.3, 0.4) is 0 Å². The number of carbonyl (C=O) groups is 2. The van der Waals surface area contributed by atoms with E-state index in [-0.39, 0.29) is 12.3 Å². The molecule has 24 heavy (non-hydrogen) atoms. The monoisotopic (exact) mass is 346 g/mol. The van der Waals surface area contributed by atoms with Crippen LogP contribution in [0.25, 0.3) is 11.1 Å². The fourth-order valence-corrected chi connectivity index (χ4v) is 2.35. The van der Waals surface area contributed by atoms with Gasteiger partial charge in [-0.25, -0.2) is 5.48 Å². The lowest BCUT2D eigenvalue weighted by atomic mass is 10.0. The maximum atomic E-state index is 12.0. The van der Waals surface area contributed by atoms with Crippen molar-refractivity contribution < 1.29 is 14.8 Å². The Bertz CT molecular complexity index is 684. The van der Waals surface area contributed by atoms with E-state index in [1.807, 2.05) is 36.4 Å². The summed E-state index contributed by atoms with van der Waals surface area (Å²) >= 11 is 5.87. The van der Waals surface area contributed by atoms with Gasteiger partial charge < -0.3 is 5.32 Å². The molecule has 0 atom stereocenters. The first kappa shape index (κ1) is 18.0. The highest BCUT2D eigenvalue weighted by Gasteiger charge is 2.06. The molecule has 2 amide bonds. The summed E-state index contributed by atoms with van der Waals surface area (Å²) in [5, 5.41) is 11.9. The van der Waals surface area contributed by atoms with Crippen LogP contribution in [-0.4, -0.2) is 23.6 Å². The van der Waals surface area contributed by atoms with E-state index in [9.17, 15) is 9.59 Å². The summed E-state index contributed by atoms with van der Waals surface area (Å²) in [7, 11) is 0. The molecule has 0 saturated carbocycles. The van der Waals surface area contributed by atoms with Crippen LogP contribution in [0.2, 0.25) is 5.02 Å². The van der Waals surface area contributed by atoms with E-state index in [0.717, 1.165) is 11.1 Å². The van der Waals surface area contributed by atoms with E-state index in [0.29, 0.717) is 30.0 Å². The second-order valence-electron chi connectivity index (χ2n) is 5.33. The third-order valence-corrected chi connectivity index (χ3v) is 3.82. The summed E-state index contributed by atoms with van der Waals surface area (Å²) in [4.78, 5) is 22.9. The number of unbranched alkanes of at least 4 members (excludes halogenated alkanes) is 1. The van der Waals surface area contributed by atoms with Crippen molar-refractivity contribution in [2.24, 2.45) is 0 Å². The van der Waals surface area contributed by atoms with Crippen LogP contribution in [0.15, 0.2) is 48.5 Å². The Morgan fingerprint density at radius 2 is 1.50 bits per heavy atom. The Labute approximate surface area is 145 Å². The highest BCUT2D eigenvalue weighted by atomic mass is 35.5. The first-order valence-electron chi connectivity index (χ1n) is 7.67. The van der Waals surface area contributed by atoms with Gasteiger partial charge in [-0.15, -0.1) is 0 Å². The van der Waals surface area contributed by atoms with E-state index in [2.05, 4.69) is 5.32 Å². The predicted molar refractivity (Wildman–Crippen MR) is 93.0 cm³/mol. The zero-order valence-electron chi connectivity index (χ0n) is 13.1. The highest BCUT2D eigenvalue weighted by molar-refractivity contribution is 6.30. The average molecular weight is 347 g/mol. The van der Waals surface area contributed by atoms with Crippen molar-refractivity contribution in [3.8, 4) is 11.1 Å². The first-order valence-corrected chi connectivity index (χ1v) is 8.05. The standard InChI is InChI=1S/C18H19ClN2O3/c19-16-10-8-14(9-11-16)13-4-6-15(7-5-13)18(23)20-12-2-1-3-17(22)21-24/h4-11,24H,1-3,12H2,(H,20,23)(H,21,22). The number of carbonyl (C=O) groups excluding carboxylic acids is 2. The SMILES string of the molecule is O=C(CCCCNC(=O)c1ccc(-c2ccc(Cl)cc2)cc1)NO. The van der Waals surface area contributed by atoms with Gasteiger partial charge in [0.25, 0.3) is 5.91 Å². The van der Waals surface area contributed by atoms with Gasteiger partial charge in [0.2, 0.25) is 5.91 Å². The molecule has 0 radical (unpaired) electrons. The van der Waals surface area contributed by atoms with Gasteiger partial charge in [-0.2, -0.15) is 0 Å². The Morgan fingerprint density at radius 3 is 2.08 bits per heavy atom. The summed E-state index contributed by atoms with van der Waals surface area (Å²) in [6.07, 6.45) is 1.51. The van der Waals surface area contributed by atoms with E-state index in [4.69, 9.17) is 16.8 Å². The van der Waals surface area contributed by atoms with Crippen molar-refractivity contribution in [1.29, 1.82) is 0 Å². The lowest BCUT2D eigenvalue weighted by Crippen LogP contribution is -2.25. The molecule has 0 aliphatic heterocycles. The van der Waals surface area contributed by atoms with Crippen molar-refractivity contribution in [3.63, 3.8) is 0 Å². The largest absolute Gasteiger partial charge is 0.352 e. The summed E-state index contributed by atoms with van der Waals surface area (Å²) in [5.74, 6) is -0.566. The number of rotatable bonds is 7. The molecule has 0 aliphatic rings. The molecule has 126 valence electrons. The Balaban J connectivity index is 1.83. The number of hydroxylamine groups is 1. The van der Waals surface area contributed by atoms with Crippen molar-refractivity contribution in [2.75, 3.05) is 6.54 Å². The lowest BCUT2D eigenvalue weighted by molar-refractivity contribution is -0.129. The molecule has 5 nitrogen and oxygen atoms in total. The van der Waals surface area contributed by atoms with Gasteiger partial charge in [-0.3, -0.25) is 14.8 Å². The van der Waals surface area contributed by atoms with Crippen LogP contribution >= 0.6 is 11.6 Å². The average Bonchev–Trinajstić information content (AvgIpc) is 2.62. The van der Waals surface area contributed by atoms with E-state index in [1.54, 1.807) is 17.6 Å². The minimum Gasteiger partial charge on any atom is -0.352 e. The third kappa shape index (κ3) is 5.37. The van der Waals surface area contributed by atoms with Gasteiger partial charge in [0.05, 0.1) is 0 Å². The zero-order valence-corrected chi connectivity index (χ0v) is 13.8. The minimum absolute atomic E-state index is 0.149. The molecule has 3 N–H and O–H groups in total. The van der Waals surface area contributed by atoms with Crippen LogP contribution in [0.1, 0.15) is 29.6 Å². The van der Waals surface area contributed by atoms with Gasteiger partial charge in [-0.05, 0) is 48.2 Å². The first-order chi connectivity index (χ1) is 11.6. The van der Waals surface area contributed by atoms with E-state index in [1.165, 1.54) is 0 Å². The second-order valence-corrected chi connectivity index (χ2v) is 5.77. The summed E-state index contributed by atoms with van der Waals surface area (Å²) in [5.41, 5.74) is 4.21. The van der Waals surface area contributed by atoms with E-state index < -0.39 is 5.91 Å². The summed E-state index contributed by atoms with van der Waals surface area (Å²) in [6.45, 7) is 0.483. The Kier molecular flexibility index (Phi) is 6.78.